The molecule has 0 unspecified atom stereocenters. The molecule has 0 atom stereocenters. The topological polar surface area (TPSA) is 97.1 Å². The Morgan fingerprint density at radius 2 is 2.12 bits per heavy atom. The summed E-state index contributed by atoms with van der Waals surface area (Å²) in [6.07, 6.45) is 3.90. The van der Waals surface area contributed by atoms with E-state index in [0.717, 1.165) is 43.2 Å². The number of hydrogen-bond donors (Lipinski definition) is 3. The summed E-state index contributed by atoms with van der Waals surface area (Å²) in [4.78, 5) is 2.19. The van der Waals surface area contributed by atoms with Gasteiger partial charge in [0.05, 0.1) is 18.2 Å². The van der Waals surface area contributed by atoms with E-state index in [2.05, 4.69) is 31.8 Å². The van der Waals surface area contributed by atoms with Gasteiger partial charge in [-0.15, -0.1) is 10.2 Å². The number of rotatable bonds is 5. The number of nitrogens with zero attached hydrogens (tertiary/aromatic N) is 4. The first kappa shape index (κ1) is 17.7. The van der Waals surface area contributed by atoms with E-state index in [4.69, 9.17) is 5.26 Å². The number of aromatic hydroxyl groups is 1. The van der Waals surface area contributed by atoms with Gasteiger partial charge < -0.3 is 20.6 Å². The smallest absolute Gasteiger partial charge is 0.151 e. The van der Waals surface area contributed by atoms with Gasteiger partial charge in [0, 0.05) is 50.0 Å². The van der Waals surface area contributed by atoms with Crippen molar-refractivity contribution in [3.8, 4) is 23.1 Å². The number of benzene rings is 1. The Morgan fingerprint density at radius 1 is 1.31 bits per heavy atom. The summed E-state index contributed by atoms with van der Waals surface area (Å²) in [5.74, 6) is 0.976. The average Bonchev–Trinajstić information content (AvgIpc) is 2.69. The van der Waals surface area contributed by atoms with Crippen LogP contribution in [0.5, 0.6) is 5.75 Å². The number of phenolic OH excluding ortho intramolecular Hbond substituents is 1. The third-order valence-corrected chi connectivity index (χ3v) is 4.31. The summed E-state index contributed by atoms with van der Waals surface area (Å²) in [6.45, 7) is 3.70. The van der Waals surface area contributed by atoms with Gasteiger partial charge in [-0.3, -0.25) is 0 Å². The van der Waals surface area contributed by atoms with Gasteiger partial charge in [0.15, 0.2) is 5.82 Å². The summed E-state index contributed by atoms with van der Waals surface area (Å²) >= 11 is 0. The Labute approximate surface area is 153 Å². The van der Waals surface area contributed by atoms with Crippen molar-refractivity contribution in [3.63, 3.8) is 0 Å². The lowest BCUT2D eigenvalue weighted by atomic mass is 10.0. The lowest BCUT2D eigenvalue weighted by Crippen LogP contribution is -2.43. The molecule has 1 aromatic carbocycles. The Balaban J connectivity index is 1.87. The molecule has 7 heteroatoms. The monoisotopic (exact) mass is 350 g/mol. The first-order valence-corrected chi connectivity index (χ1v) is 8.61. The summed E-state index contributed by atoms with van der Waals surface area (Å²) < 4.78 is 0. The third kappa shape index (κ3) is 3.92. The normalized spacial score (nSPS) is 14.4. The quantitative estimate of drug-likeness (QED) is 0.711. The van der Waals surface area contributed by atoms with Crippen LogP contribution >= 0.6 is 0 Å². The molecule has 1 aliphatic rings. The van der Waals surface area contributed by atoms with E-state index in [9.17, 15) is 5.11 Å². The van der Waals surface area contributed by atoms with E-state index >= 15 is 0 Å². The van der Waals surface area contributed by atoms with Crippen molar-refractivity contribution >= 4 is 17.6 Å². The predicted octanol–water partition coefficient (Wildman–Crippen LogP) is 2.23. The highest BCUT2D eigenvalue weighted by Gasteiger charge is 2.14. The molecular formula is C19H22N6O. The Hall–Kier alpha value is -3.11. The highest BCUT2D eigenvalue weighted by Crippen LogP contribution is 2.34. The minimum atomic E-state index is 0.129. The van der Waals surface area contributed by atoms with Gasteiger partial charge in [-0.1, -0.05) is 12.2 Å². The van der Waals surface area contributed by atoms with E-state index in [1.54, 1.807) is 12.1 Å². The molecule has 1 saturated heterocycles. The zero-order chi connectivity index (χ0) is 18.4. The summed E-state index contributed by atoms with van der Waals surface area (Å²) in [5.41, 5.74) is 2.89. The molecular weight excluding hydrogens is 328 g/mol. The second-order valence-corrected chi connectivity index (χ2v) is 5.99. The van der Waals surface area contributed by atoms with Gasteiger partial charge >= 0.3 is 0 Å². The van der Waals surface area contributed by atoms with Gasteiger partial charge in [0.2, 0.25) is 0 Å². The van der Waals surface area contributed by atoms with E-state index in [-0.39, 0.29) is 5.75 Å². The molecule has 2 aromatic rings. The van der Waals surface area contributed by atoms with Gasteiger partial charge in [0.25, 0.3) is 0 Å². The molecule has 0 spiro atoms. The fourth-order valence-electron chi connectivity index (χ4n) is 2.93. The molecule has 3 N–H and O–H groups in total. The number of nitrogens with one attached hydrogen (secondary N) is 2. The van der Waals surface area contributed by atoms with E-state index in [1.807, 2.05) is 31.3 Å². The highest BCUT2D eigenvalue weighted by molar-refractivity contribution is 5.78. The summed E-state index contributed by atoms with van der Waals surface area (Å²) in [5, 5.41) is 34.1. The van der Waals surface area contributed by atoms with E-state index in [1.165, 1.54) is 0 Å². The maximum absolute atomic E-state index is 10.4. The average molecular weight is 350 g/mol. The minimum Gasteiger partial charge on any atom is -0.507 e. The fraction of sp³-hybridized carbons (Fsp3) is 0.316. The van der Waals surface area contributed by atoms with Crippen LogP contribution in [0.2, 0.25) is 0 Å². The number of phenols is 1. The highest BCUT2D eigenvalue weighted by atomic mass is 16.3. The number of anilines is 2. The number of piperazine rings is 1. The van der Waals surface area contributed by atoms with Crippen LogP contribution in [0.1, 0.15) is 12.0 Å². The molecule has 26 heavy (non-hydrogen) atoms. The molecule has 0 aliphatic carbocycles. The number of nitriles is 1. The largest absolute Gasteiger partial charge is 0.507 e. The summed E-state index contributed by atoms with van der Waals surface area (Å²) in [7, 11) is 1.82. The number of allylic oxidation sites excluding steroid dienone is 1. The first-order valence-electron chi connectivity index (χ1n) is 8.61. The molecule has 0 amide bonds. The second-order valence-electron chi connectivity index (χ2n) is 5.99. The van der Waals surface area contributed by atoms with Crippen LogP contribution < -0.4 is 15.5 Å². The maximum Gasteiger partial charge on any atom is 0.151 e. The minimum absolute atomic E-state index is 0.129. The fourth-order valence-corrected chi connectivity index (χ4v) is 2.93. The summed E-state index contributed by atoms with van der Waals surface area (Å²) in [6, 6.07) is 9.39. The Kier molecular flexibility index (Phi) is 5.66. The molecule has 0 radical (unpaired) electrons. The molecule has 134 valence electrons. The molecule has 3 rings (SSSR count). The molecule has 0 bridgehead atoms. The second kappa shape index (κ2) is 8.32. The molecule has 1 fully saturated rings. The van der Waals surface area contributed by atoms with Crippen LogP contribution in [0.3, 0.4) is 0 Å². The number of aromatic nitrogens is 2. The van der Waals surface area contributed by atoms with Crippen molar-refractivity contribution < 1.29 is 5.11 Å². The van der Waals surface area contributed by atoms with Crippen LogP contribution in [0.25, 0.3) is 17.3 Å². The van der Waals surface area contributed by atoms with Crippen molar-refractivity contribution in [2.24, 2.45) is 0 Å². The van der Waals surface area contributed by atoms with Crippen molar-refractivity contribution in [3.05, 3.63) is 35.9 Å². The van der Waals surface area contributed by atoms with Crippen LogP contribution in [-0.2, 0) is 0 Å². The Bertz CT molecular complexity index is 819. The molecule has 1 aromatic heterocycles. The van der Waals surface area contributed by atoms with Gasteiger partial charge in [0.1, 0.15) is 5.75 Å². The molecule has 1 aliphatic heterocycles. The lowest BCUT2D eigenvalue weighted by Gasteiger charge is -2.27. The van der Waals surface area contributed by atoms with Gasteiger partial charge in [-0.25, -0.2) is 0 Å². The zero-order valence-corrected chi connectivity index (χ0v) is 14.7. The van der Waals surface area contributed by atoms with Crippen LogP contribution in [0, 0.1) is 11.3 Å². The number of hydrogen-bond acceptors (Lipinski definition) is 7. The van der Waals surface area contributed by atoms with Crippen LogP contribution in [0.15, 0.2) is 30.3 Å². The van der Waals surface area contributed by atoms with Gasteiger partial charge in [-0.2, -0.15) is 5.26 Å². The van der Waals surface area contributed by atoms with Crippen molar-refractivity contribution in [2.75, 3.05) is 43.4 Å². The third-order valence-electron chi connectivity index (χ3n) is 4.31. The molecule has 2 heterocycles. The van der Waals surface area contributed by atoms with E-state index < -0.39 is 0 Å². The predicted molar refractivity (Wildman–Crippen MR) is 103 cm³/mol. The van der Waals surface area contributed by atoms with Crippen molar-refractivity contribution in [1.29, 1.82) is 5.26 Å². The lowest BCUT2D eigenvalue weighted by molar-refractivity contribution is 0.477. The van der Waals surface area contributed by atoms with E-state index in [0.29, 0.717) is 17.7 Å². The van der Waals surface area contributed by atoms with Gasteiger partial charge in [-0.05, 0) is 24.3 Å². The first-order chi connectivity index (χ1) is 12.7. The SMILES string of the molecule is CNc1cc(-c2ccc(N3CCNCC3)nn2)c(O)cc1/C=C\CC#N. The standard InChI is InChI=1S/C19H22N6O/c1-21-17-13-15(18(26)12-14(17)4-2-3-7-20)16-5-6-19(24-23-16)25-10-8-22-9-11-25/h2,4-6,12-13,21-22,26H,3,8-11H2,1H3/b4-2-. The van der Waals surface area contributed by atoms with Crippen LogP contribution in [0.4, 0.5) is 11.5 Å². The zero-order valence-electron chi connectivity index (χ0n) is 14.7. The van der Waals surface area contributed by atoms with Crippen LogP contribution in [-0.4, -0.2) is 48.5 Å². The molecule has 7 nitrogen and oxygen atoms in total. The Morgan fingerprint density at radius 3 is 2.77 bits per heavy atom. The maximum atomic E-state index is 10.4. The van der Waals surface area contributed by atoms with Crippen molar-refractivity contribution in [2.45, 2.75) is 6.42 Å². The van der Waals surface area contributed by atoms with Crippen molar-refractivity contribution in [1.82, 2.24) is 15.5 Å². The molecule has 0 saturated carbocycles.